The van der Waals surface area contributed by atoms with Gasteiger partial charge in [0.15, 0.2) is 0 Å². The highest BCUT2D eigenvalue weighted by Crippen LogP contribution is 2.30. The predicted octanol–water partition coefficient (Wildman–Crippen LogP) is 2.25. The maximum atomic E-state index is 3.79. The molecule has 2 fully saturated rings. The average Bonchev–Trinajstić information content (AvgIpc) is 2.83. The molecule has 2 rings (SSSR count). The van der Waals surface area contributed by atoms with Crippen molar-refractivity contribution in [3.63, 3.8) is 0 Å². The first-order chi connectivity index (χ1) is 7.92. The minimum atomic E-state index is 0.788. The van der Waals surface area contributed by atoms with Crippen LogP contribution in [-0.4, -0.2) is 37.2 Å². The smallest absolute Gasteiger partial charge is 0.0111 e. The van der Waals surface area contributed by atoms with Gasteiger partial charge < -0.3 is 10.6 Å². The fourth-order valence-corrected chi connectivity index (χ4v) is 3.64. The Morgan fingerprint density at radius 1 is 1.19 bits per heavy atom. The van der Waals surface area contributed by atoms with E-state index in [9.17, 15) is 0 Å². The largest absolute Gasteiger partial charge is 0.314 e. The van der Waals surface area contributed by atoms with Gasteiger partial charge in [0.05, 0.1) is 0 Å². The predicted molar refractivity (Wildman–Crippen MR) is 73.2 cm³/mol. The van der Waals surface area contributed by atoms with Crippen LogP contribution in [0.5, 0.6) is 0 Å². The molecule has 1 saturated heterocycles. The number of nitrogens with one attached hydrogen (secondary N) is 2. The van der Waals surface area contributed by atoms with Crippen LogP contribution in [0.25, 0.3) is 0 Å². The zero-order valence-electron chi connectivity index (χ0n) is 10.5. The molecule has 2 aliphatic rings. The zero-order chi connectivity index (χ0) is 11.2. The molecule has 2 N–H and O–H groups in total. The van der Waals surface area contributed by atoms with Crippen LogP contribution in [0.1, 0.15) is 38.5 Å². The minimum absolute atomic E-state index is 0.788. The molecule has 0 aromatic heterocycles. The quantitative estimate of drug-likeness (QED) is 0.723. The van der Waals surface area contributed by atoms with E-state index in [2.05, 4.69) is 16.9 Å². The van der Waals surface area contributed by atoms with E-state index in [-0.39, 0.29) is 0 Å². The van der Waals surface area contributed by atoms with Gasteiger partial charge in [-0.2, -0.15) is 11.8 Å². The Morgan fingerprint density at radius 2 is 2.06 bits per heavy atom. The van der Waals surface area contributed by atoms with E-state index in [1.54, 1.807) is 0 Å². The Kier molecular flexibility index (Phi) is 5.46. The van der Waals surface area contributed by atoms with E-state index < -0.39 is 0 Å². The number of hydrogen-bond acceptors (Lipinski definition) is 3. The molecule has 3 atom stereocenters. The molecule has 0 aromatic carbocycles. The lowest BCUT2D eigenvalue weighted by Gasteiger charge is -2.36. The van der Waals surface area contributed by atoms with Crippen molar-refractivity contribution in [3.05, 3.63) is 0 Å². The van der Waals surface area contributed by atoms with Crippen LogP contribution in [0, 0.1) is 5.92 Å². The SMILES string of the molecule is CSCCNC1CCCCC1C1CCCN1. The van der Waals surface area contributed by atoms with Gasteiger partial charge in [-0.3, -0.25) is 0 Å². The molecular weight excluding hydrogens is 216 g/mol. The monoisotopic (exact) mass is 242 g/mol. The van der Waals surface area contributed by atoms with Gasteiger partial charge in [-0.15, -0.1) is 0 Å². The van der Waals surface area contributed by atoms with Crippen molar-refractivity contribution in [3.8, 4) is 0 Å². The summed E-state index contributed by atoms with van der Waals surface area (Å²) in [5.41, 5.74) is 0. The number of rotatable bonds is 5. The minimum Gasteiger partial charge on any atom is -0.314 e. The van der Waals surface area contributed by atoms with E-state index in [4.69, 9.17) is 0 Å². The van der Waals surface area contributed by atoms with E-state index in [1.807, 2.05) is 11.8 Å². The molecule has 0 bridgehead atoms. The lowest BCUT2D eigenvalue weighted by Crippen LogP contribution is -2.47. The highest BCUT2D eigenvalue weighted by Gasteiger charge is 2.32. The second-order valence-electron chi connectivity index (χ2n) is 5.20. The molecule has 16 heavy (non-hydrogen) atoms. The van der Waals surface area contributed by atoms with Crippen molar-refractivity contribution in [1.82, 2.24) is 10.6 Å². The van der Waals surface area contributed by atoms with Crippen molar-refractivity contribution in [2.75, 3.05) is 25.1 Å². The van der Waals surface area contributed by atoms with Crippen molar-refractivity contribution in [2.45, 2.75) is 50.6 Å². The molecular formula is C13H26N2S. The summed E-state index contributed by atoms with van der Waals surface area (Å²) < 4.78 is 0. The van der Waals surface area contributed by atoms with Crippen molar-refractivity contribution in [2.24, 2.45) is 5.92 Å². The first-order valence-electron chi connectivity index (χ1n) is 6.87. The third-order valence-electron chi connectivity index (χ3n) is 4.15. The molecule has 1 saturated carbocycles. The summed E-state index contributed by atoms with van der Waals surface area (Å²) >= 11 is 1.95. The van der Waals surface area contributed by atoms with E-state index in [0.29, 0.717) is 0 Å². The summed E-state index contributed by atoms with van der Waals surface area (Å²) in [6, 6.07) is 1.60. The summed E-state index contributed by atoms with van der Waals surface area (Å²) in [4.78, 5) is 0. The average molecular weight is 242 g/mol. The second-order valence-corrected chi connectivity index (χ2v) is 6.19. The molecule has 1 aliphatic heterocycles. The van der Waals surface area contributed by atoms with Gasteiger partial charge in [0.1, 0.15) is 0 Å². The highest BCUT2D eigenvalue weighted by atomic mass is 32.2. The van der Waals surface area contributed by atoms with Gasteiger partial charge >= 0.3 is 0 Å². The van der Waals surface area contributed by atoms with Gasteiger partial charge in [-0.05, 0) is 44.4 Å². The standard InChI is InChI=1S/C13H26N2S/c1-16-10-9-15-12-6-3-2-5-11(12)13-7-4-8-14-13/h11-15H,2-10H2,1H3. The maximum Gasteiger partial charge on any atom is 0.0111 e. The van der Waals surface area contributed by atoms with Crippen molar-refractivity contribution >= 4 is 11.8 Å². The number of thioether (sulfide) groups is 1. The summed E-state index contributed by atoms with van der Waals surface area (Å²) in [7, 11) is 0. The molecule has 0 radical (unpaired) electrons. The van der Waals surface area contributed by atoms with Crippen molar-refractivity contribution < 1.29 is 0 Å². The van der Waals surface area contributed by atoms with Gasteiger partial charge in [0, 0.05) is 24.4 Å². The summed E-state index contributed by atoms with van der Waals surface area (Å²) in [6.07, 6.45) is 10.7. The van der Waals surface area contributed by atoms with Gasteiger partial charge in [0.25, 0.3) is 0 Å². The molecule has 0 spiro atoms. The molecule has 1 aliphatic carbocycles. The Balaban J connectivity index is 1.81. The topological polar surface area (TPSA) is 24.1 Å². The molecule has 0 amide bonds. The number of hydrogen-bond donors (Lipinski definition) is 2. The fraction of sp³-hybridized carbons (Fsp3) is 1.00. The summed E-state index contributed by atoms with van der Waals surface area (Å²) in [5, 5.41) is 7.49. The Labute approximate surface area is 104 Å². The van der Waals surface area contributed by atoms with Crippen LogP contribution in [0.15, 0.2) is 0 Å². The molecule has 3 heteroatoms. The van der Waals surface area contributed by atoms with Gasteiger partial charge in [-0.25, -0.2) is 0 Å². The highest BCUT2D eigenvalue weighted by molar-refractivity contribution is 7.98. The molecule has 0 aromatic rings. The second kappa shape index (κ2) is 6.87. The van der Waals surface area contributed by atoms with Crippen LogP contribution in [0.3, 0.4) is 0 Å². The molecule has 94 valence electrons. The molecule has 1 heterocycles. The van der Waals surface area contributed by atoms with Gasteiger partial charge in [0.2, 0.25) is 0 Å². The molecule has 3 unspecified atom stereocenters. The first kappa shape index (κ1) is 12.7. The Morgan fingerprint density at radius 3 is 2.81 bits per heavy atom. The van der Waals surface area contributed by atoms with Crippen LogP contribution in [0.2, 0.25) is 0 Å². The summed E-state index contributed by atoms with van der Waals surface area (Å²) in [5.74, 6) is 2.15. The third-order valence-corrected chi connectivity index (χ3v) is 4.76. The van der Waals surface area contributed by atoms with E-state index >= 15 is 0 Å². The lowest BCUT2D eigenvalue weighted by atomic mass is 9.79. The van der Waals surface area contributed by atoms with E-state index in [0.717, 1.165) is 18.0 Å². The normalized spacial score (nSPS) is 35.4. The first-order valence-corrected chi connectivity index (χ1v) is 8.27. The van der Waals surface area contributed by atoms with Crippen LogP contribution < -0.4 is 10.6 Å². The molecule has 2 nitrogen and oxygen atoms in total. The zero-order valence-corrected chi connectivity index (χ0v) is 11.3. The Hall–Kier alpha value is 0.270. The maximum absolute atomic E-state index is 3.79. The van der Waals surface area contributed by atoms with E-state index in [1.165, 1.54) is 57.4 Å². The van der Waals surface area contributed by atoms with Crippen LogP contribution in [-0.2, 0) is 0 Å². The van der Waals surface area contributed by atoms with Gasteiger partial charge in [-0.1, -0.05) is 12.8 Å². The van der Waals surface area contributed by atoms with Crippen LogP contribution >= 0.6 is 11.8 Å². The fourth-order valence-electron chi connectivity index (χ4n) is 3.32. The summed E-state index contributed by atoms with van der Waals surface area (Å²) in [6.45, 7) is 2.44. The Bertz CT molecular complexity index is 192. The lowest BCUT2D eigenvalue weighted by molar-refractivity contribution is 0.217. The third kappa shape index (κ3) is 3.38. The van der Waals surface area contributed by atoms with Crippen LogP contribution in [0.4, 0.5) is 0 Å². The van der Waals surface area contributed by atoms with Crippen molar-refractivity contribution in [1.29, 1.82) is 0 Å².